The summed E-state index contributed by atoms with van der Waals surface area (Å²) in [6.45, 7) is 3.23. The lowest BCUT2D eigenvalue weighted by Crippen LogP contribution is -2.39. The molecule has 160 valence electrons. The molecule has 0 unspecified atom stereocenters. The number of ether oxygens (including phenoxy) is 2. The first-order chi connectivity index (χ1) is 14.4. The van der Waals surface area contributed by atoms with Crippen LogP contribution in [0.3, 0.4) is 0 Å². The van der Waals surface area contributed by atoms with E-state index in [4.69, 9.17) is 9.47 Å². The van der Waals surface area contributed by atoms with E-state index >= 15 is 0 Å². The Balaban J connectivity index is 2.10. The summed E-state index contributed by atoms with van der Waals surface area (Å²) in [6, 6.07) is 5.48. The van der Waals surface area contributed by atoms with Gasteiger partial charge in [-0.3, -0.25) is 14.2 Å². The average molecular weight is 495 g/mol. The zero-order valence-corrected chi connectivity index (χ0v) is 19.3. The number of nitrogens with zero attached hydrogens (tertiary/aromatic N) is 2. The zero-order valence-electron chi connectivity index (χ0n) is 16.9. The van der Waals surface area contributed by atoms with Crippen LogP contribution in [0.1, 0.15) is 25.3 Å². The van der Waals surface area contributed by atoms with Gasteiger partial charge in [-0.2, -0.15) is 0 Å². The van der Waals surface area contributed by atoms with Crippen molar-refractivity contribution in [1.29, 1.82) is 0 Å². The number of halogens is 1. The predicted molar refractivity (Wildman–Crippen MR) is 119 cm³/mol. The molecule has 1 aliphatic rings. The quantitative estimate of drug-likeness (QED) is 0.568. The molecular formula is C21H23BrN2O5S. The van der Waals surface area contributed by atoms with Crippen molar-refractivity contribution in [2.75, 3.05) is 26.8 Å². The Labute approximate surface area is 186 Å². The molecule has 0 spiro atoms. The number of likely N-dealkylation sites (tertiary alicyclic amines) is 1. The second-order valence-electron chi connectivity index (χ2n) is 6.71. The molecule has 0 atom stereocenters. The molecule has 1 aliphatic heterocycles. The molecule has 0 saturated carbocycles. The van der Waals surface area contributed by atoms with Gasteiger partial charge in [-0.15, -0.1) is 11.3 Å². The van der Waals surface area contributed by atoms with Crippen LogP contribution in [-0.2, 0) is 20.9 Å². The van der Waals surface area contributed by atoms with Gasteiger partial charge in [0.2, 0.25) is 5.91 Å². The summed E-state index contributed by atoms with van der Waals surface area (Å²) in [5.41, 5.74) is 0.385. The minimum Gasteiger partial charge on any atom is -0.496 e. The maximum atomic E-state index is 13.1. The number of thiazole rings is 1. The number of carbonyl (C=O) groups is 2. The Kier molecular flexibility index (Phi) is 7.49. The Hall–Kier alpha value is -2.39. The summed E-state index contributed by atoms with van der Waals surface area (Å²) in [6.07, 6.45) is 4.90. The lowest BCUT2D eigenvalue weighted by atomic mass is 10.2. The van der Waals surface area contributed by atoms with Crippen molar-refractivity contribution in [2.45, 2.75) is 26.3 Å². The third kappa shape index (κ3) is 5.20. The molecule has 7 nitrogen and oxygen atoms in total. The second kappa shape index (κ2) is 10.1. The van der Waals surface area contributed by atoms with E-state index in [1.807, 2.05) is 12.1 Å². The Morgan fingerprint density at radius 2 is 2.00 bits per heavy atom. The first-order valence-electron chi connectivity index (χ1n) is 9.64. The van der Waals surface area contributed by atoms with Crippen LogP contribution in [0.4, 0.5) is 0 Å². The number of amides is 1. The van der Waals surface area contributed by atoms with Crippen molar-refractivity contribution < 1.29 is 19.1 Å². The predicted octanol–water partition coefficient (Wildman–Crippen LogP) is 1.48. The molecule has 1 fully saturated rings. The van der Waals surface area contributed by atoms with E-state index in [9.17, 15) is 14.4 Å². The molecule has 30 heavy (non-hydrogen) atoms. The van der Waals surface area contributed by atoms with Crippen molar-refractivity contribution >= 4 is 51.3 Å². The van der Waals surface area contributed by atoms with Gasteiger partial charge in [0.05, 0.1) is 24.3 Å². The monoisotopic (exact) mass is 494 g/mol. The van der Waals surface area contributed by atoms with E-state index in [-0.39, 0.29) is 24.6 Å². The van der Waals surface area contributed by atoms with Crippen molar-refractivity contribution in [3.05, 3.63) is 47.8 Å². The van der Waals surface area contributed by atoms with E-state index in [1.165, 1.54) is 10.6 Å². The van der Waals surface area contributed by atoms with Gasteiger partial charge in [-0.25, -0.2) is 4.79 Å². The van der Waals surface area contributed by atoms with E-state index in [0.29, 0.717) is 33.6 Å². The molecule has 1 amide bonds. The fraction of sp³-hybridized carbons (Fsp3) is 0.381. The van der Waals surface area contributed by atoms with Gasteiger partial charge in [0, 0.05) is 23.1 Å². The Morgan fingerprint density at radius 1 is 1.27 bits per heavy atom. The fourth-order valence-corrected chi connectivity index (χ4v) is 4.64. The van der Waals surface area contributed by atoms with E-state index < -0.39 is 5.97 Å². The summed E-state index contributed by atoms with van der Waals surface area (Å²) >= 11 is 4.57. The number of aromatic nitrogens is 1. The highest BCUT2D eigenvalue weighted by Gasteiger charge is 2.20. The smallest absolute Gasteiger partial charge is 0.333 e. The molecule has 1 aromatic carbocycles. The number of hydrogen-bond acceptors (Lipinski definition) is 6. The van der Waals surface area contributed by atoms with Crippen LogP contribution < -0.4 is 19.5 Å². The molecule has 1 saturated heterocycles. The van der Waals surface area contributed by atoms with Gasteiger partial charge in [-0.05, 0) is 44.0 Å². The maximum Gasteiger partial charge on any atom is 0.333 e. The average Bonchev–Trinajstić information content (AvgIpc) is 3.33. The highest BCUT2D eigenvalue weighted by atomic mass is 79.9. The third-order valence-corrected chi connectivity index (χ3v) is 6.25. The first-order valence-corrected chi connectivity index (χ1v) is 11.2. The molecule has 0 N–H and O–H groups in total. The highest BCUT2D eigenvalue weighted by Crippen LogP contribution is 2.23. The van der Waals surface area contributed by atoms with Crippen molar-refractivity contribution in [3.8, 4) is 5.75 Å². The van der Waals surface area contributed by atoms with E-state index in [0.717, 1.165) is 28.7 Å². The summed E-state index contributed by atoms with van der Waals surface area (Å²) in [4.78, 5) is 39.5. The van der Waals surface area contributed by atoms with Gasteiger partial charge in [0.1, 0.15) is 17.0 Å². The number of hydrogen-bond donors (Lipinski definition) is 0. The summed E-state index contributed by atoms with van der Waals surface area (Å²) in [5.74, 6) is -0.0631. The Morgan fingerprint density at radius 3 is 2.67 bits per heavy atom. The minimum atomic E-state index is -0.548. The molecule has 0 bridgehead atoms. The van der Waals surface area contributed by atoms with Crippen LogP contribution in [0.2, 0.25) is 0 Å². The molecule has 0 aliphatic carbocycles. The van der Waals surface area contributed by atoms with Crippen LogP contribution in [0, 0.1) is 0 Å². The summed E-state index contributed by atoms with van der Waals surface area (Å²) in [7, 11) is 1.56. The van der Waals surface area contributed by atoms with Crippen LogP contribution in [-0.4, -0.2) is 48.1 Å². The lowest BCUT2D eigenvalue weighted by Gasteiger charge is -2.15. The Bertz CT molecular complexity index is 1120. The highest BCUT2D eigenvalue weighted by molar-refractivity contribution is 9.10. The molecule has 3 rings (SSSR count). The molecule has 9 heteroatoms. The number of rotatable bonds is 6. The van der Waals surface area contributed by atoms with Crippen LogP contribution in [0.15, 0.2) is 27.5 Å². The van der Waals surface area contributed by atoms with Gasteiger partial charge in [0.15, 0.2) is 0 Å². The second-order valence-corrected chi connectivity index (χ2v) is 8.69. The molecule has 0 radical (unpaired) electrons. The van der Waals surface area contributed by atoms with Gasteiger partial charge in [0.25, 0.3) is 5.56 Å². The molecular weight excluding hydrogens is 472 g/mol. The minimum absolute atomic E-state index is 0.107. The van der Waals surface area contributed by atoms with Crippen LogP contribution in [0.25, 0.3) is 12.2 Å². The zero-order chi connectivity index (χ0) is 21.7. The van der Waals surface area contributed by atoms with E-state index in [2.05, 4.69) is 15.9 Å². The van der Waals surface area contributed by atoms with Gasteiger partial charge in [-0.1, -0.05) is 15.9 Å². The normalized spacial score (nSPS) is 15.0. The number of carbonyl (C=O) groups excluding carboxylic acids is 2. The first kappa shape index (κ1) is 22.3. The standard InChI is InChI=1S/C21H23BrN2O5S/c1-3-29-20(26)12-19-24(13-18(25)23-8-4-5-9-23)21(27)17(30-19)11-14-10-15(22)6-7-16(14)28-2/h6-7,10-12H,3-5,8-9,13H2,1-2H3/b17-11-,19-12-. The third-order valence-electron chi connectivity index (χ3n) is 4.69. The maximum absolute atomic E-state index is 13.1. The molecule has 1 aromatic heterocycles. The molecule has 2 aromatic rings. The lowest BCUT2D eigenvalue weighted by molar-refractivity contribution is -0.135. The number of benzene rings is 1. The summed E-state index contributed by atoms with van der Waals surface area (Å²) in [5, 5.41) is 0. The largest absolute Gasteiger partial charge is 0.496 e. The molecule has 2 heterocycles. The topological polar surface area (TPSA) is 77.8 Å². The summed E-state index contributed by atoms with van der Waals surface area (Å²) < 4.78 is 13.3. The van der Waals surface area contributed by atoms with Crippen molar-refractivity contribution in [1.82, 2.24) is 9.47 Å². The number of methoxy groups -OCH3 is 1. The van der Waals surface area contributed by atoms with Gasteiger partial charge >= 0.3 is 5.97 Å². The SMILES string of the molecule is CCOC(=O)/C=c1\s/c(=C\c2cc(Br)ccc2OC)c(=O)n1CC(=O)N1CCCC1. The van der Waals surface area contributed by atoms with Crippen molar-refractivity contribution in [3.63, 3.8) is 0 Å². The number of esters is 1. The van der Waals surface area contributed by atoms with Gasteiger partial charge < -0.3 is 14.4 Å². The van der Waals surface area contributed by atoms with Crippen molar-refractivity contribution in [2.24, 2.45) is 0 Å². The van der Waals surface area contributed by atoms with Crippen LogP contribution in [0.5, 0.6) is 5.75 Å². The van der Waals surface area contributed by atoms with E-state index in [1.54, 1.807) is 31.1 Å². The van der Waals surface area contributed by atoms with Crippen LogP contribution >= 0.6 is 27.3 Å². The fourth-order valence-electron chi connectivity index (χ4n) is 3.24.